The summed E-state index contributed by atoms with van der Waals surface area (Å²) in [5, 5.41) is 3.23. The van der Waals surface area contributed by atoms with Gasteiger partial charge in [-0.15, -0.1) is 0 Å². The Morgan fingerprint density at radius 3 is 2.79 bits per heavy atom. The van der Waals surface area contributed by atoms with Crippen LogP contribution in [0.5, 0.6) is 5.75 Å². The molecule has 1 atom stereocenters. The molecule has 146 valence electrons. The van der Waals surface area contributed by atoms with Crippen LogP contribution in [0.2, 0.25) is 0 Å². The van der Waals surface area contributed by atoms with Crippen LogP contribution in [0.3, 0.4) is 0 Å². The van der Waals surface area contributed by atoms with Gasteiger partial charge in [0.15, 0.2) is 6.17 Å². The highest BCUT2D eigenvalue weighted by atomic mass is 19.1. The molecule has 6 heteroatoms. The maximum absolute atomic E-state index is 13.0. The van der Waals surface area contributed by atoms with Crippen molar-refractivity contribution in [2.24, 2.45) is 4.99 Å². The molecule has 5 nitrogen and oxygen atoms in total. The highest BCUT2D eigenvalue weighted by Crippen LogP contribution is 2.18. The Morgan fingerprint density at radius 1 is 1.36 bits per heavy atom. The van der Waals surface area contributed by atoms with Gasteiger partial charge in [-0.25, -0.2) is 9.38 Å². The van der Waals surface area contributed by atoms with Crippen molar-refractivity contribution in [3.05, 3.63) is 84.4 Å². The van der Waals surface area contributed by atoms with E-state index in [4.69, 9.17) is 14.1 Å². The van der Waals surface area contributed by atoms with E-state index in [2.05, 4.69) is 11.9 Å². The number of halogens is 1. The fraction of sp³-hybridized carbons (Fsp3) is 0.227. The standard InChI is InChI=1S/C22H24FN3O2/c1-15(20-6-5-11-27-20)12-16(2)24-21-13-17(3)26(4)22(25-21)14-28-19-9-7-18(23)8-10-19/h5-13,22H,2,14H2,1,3-4H3,(H,24,25)/b15-12+. The summed E-state index contributed by atoms with van der Waals surface area (Å²) in [6.45, 7) is 8.36. The van der Waals surface area contributed by atoms with Crippen molar-refractivity contribution in [1.29, 1.82) is 0 Å². The predicted octanol–water partition coefficient (Wildman–Crippen LogP) is 4.58. The number of furan rings is 1. The smallest absolute Gasteiger partial charge is 0.157 e. The average molecular weight is 381 g/mol. The zero-order valence-electron chi connectivity index (χ0n) is 16.3. The van der Waals surface area contributed by atoms with Crippen LogP contribution in [0.4, 0.5) is 4.39 Å². The summed E-state index contributed by atoms with van der Waals surface area (Å²) < 4.78 is 24.2. The molecule has 1 unspecified atom stereocenters. The lowest BCUT2D eigenvalue weighted by Gasteiger charge is -2.31. The molecule has 0 saturated heterocycles. The van der Waals surface area contributed by atoms with Crippen molar-refractivity contribution in [2.45, 2.75) is 20.0 Å². The molecule has 2 heterocycles. The van der Waals surface area contributed by atoms with Crippen LogP contribution in [0.1, 0.15) is 19.6 Å². The van der Waals surface area contributed by atoms with E-state index in [9.17, 15) is 4.39 Å². The number of likely N-dealkylation sites (N-methyl/N-ethyl adjacent to an activating group) is 1. The Kier molecular flexibility index (Phi) is 5.99. The van der Waals surface area contributed by atoms with E-state index >= 15 is 0 Å². The molecule has 28 heavy (non-hydrogen) atoms. The Bertz CT molecular complexity index is 912. The second-order valence-electron chi connectivity index (χ2n) is 6.61. The van der Waals surface area contributed by atoms with Gasteiger partial charge in [0.1, 0.15) is 29.8 Å². The minimum atomic E-state index is -0.290. The van der Waals surface area contributed by atoms with E-state index in [0.717, 1.165) is 17.0 Å². The number of aliphatic imine (C=N–C) groups is 1. The number of ether oxygens (including phenoxy) is 1. The van der Waals surface area contributed by atoms with Gasteiger partial charge in [-0.1, -0.05) is 6.58 Å². The maximum Gasteiger partial charge on any atom is 0.157 e. The Morgan fingerprint density at radius 2 is 2.11 bits per heavy atom. The highest BCUT2D eigenvalue weighted by molar-refractivity contribution is 5.95. The van der Waals surface area contributed by atoms with Gasteiger partial charge in [-0.05, 0) is 68.0 Å². The third kappa shape index (κ3) is 4.91. The Labute approximate surface area is 164 Å². The van der Waals surface area contributed by atoms with Gasteiger partial charge in [0, 0.05) is 18.4 Å². The van der Waals surface area contributed by atoms with Crippen LogP contribution < -0.4 is 10.1 Å². The quantitative estimate of drug-likeness (QED) is 0.744. The van der Waals surface area contributed by atoms with Crippen LogP contribution in [-0.4, -0.2) is 30.6 Å². The summed E-state index contributed by atoms with van der Waals surface area (Å²) in [6.07, 6.45) is 5.30. The van der Waals surface area contributed by atoms with E-state index < -0.39 is 0 Å². The zero-order chi connectivity index (χ0) is 20.1. The summed E-state index contributed by atoms with van der Waals surface area (Å²) in [5.74, 6) is 1.82. The summed E-state index contributed by atoms with van der Waals surface area (Å²) >= 11 is 0. The van der Waals surface area contributed by atoms with Crippen LogP contribution in [-0.2, 0) is 0 Å². The molecule has 1 aromatic carbocycles. The minimum absolute atomic E-state index is 0.208. The molecular formula is C22H24FN3O2. The molecule has 0 radical (unpaired) electrons. The van der Waals surface area contributed by atoms with Crippen molar-refractivity contribution in [3.63, 3.8) is 0 Å². The molecule has 1 aromatic heterocycles. The van der Waals surface area contributed by atoms with Crippen LogP contribution in [0, 0.1) is 5.82 Å². The van der Waals surface area contributed by atoms with Crippen molar-refractivity contribution >= 4 is 11.4 Å². The van der Waals surface area contributed by atoms with Crippen molar-refractivity contribution in [1.82, 2.24) is 10.2 Å². The molecule has 0 aliphatic carbocycles. The number of benzene rings is 1. The first-order valence-electron chi connectivity index (χ1n) is 8.98. The number of hydrogen-bond acceptors (Lipinski definition) is 5. The van der Waals surface area contributed by atoms with Crippen molar-refractivity contribution in [2.75, 3.05) is 13.7 Å². The maximum atomic E-state index is 13.0. The molecule has 0 spiro atoms. The molecule has 1 aliphatic rings. The lowest BCUT2D eigenvalue weighted by Crippen LogP contribution is -2.40. The molecule has 1 N–H and O–H groups in total. The number of amidine groups is 1. The molecule has 0 fully saturated rings. The van der Waals surface area contributed by atoms with Gasteiger partial charge >= 0.3 is 0 Å². The number of hydrogen-bond donors (Lipinski definition) is 1. The van der Waals surface area contributed by atoms with Crippen LogP contribution >= 0.6 is 0 Å². The monoisotopic (exact) mass is 381 g/mol. The first-order chi connectivity index (χ1) is 13.4. The van der Waals surface area contributed by atoms with Gasteiger partial charge in [0.25, 0.3) is 0 Å². The van der Waals surface area contributed by atoms with Gasteiger partial charge in [0.2, 0.25) is 0 Å². The molecule has 1 aliphatic heterocycles. The number of nitrogens with zero attached hydrogens (tertiary/aromatic N) is 2. The van der Waals surface area contributed by atoms with Gasteiger partial charge in [-0.3, -0.25) is 0 Å². The van der Waals surface area contributed by atoms with E-state index in [1.165, 1.54) is 12.1 Å². The lowest BCUT2D eigenvalue weighted by atomic mass is 10.2. The second-order valence-corrected chi connectivity index (χ2v) is 6.61. The predicted molar refractivity (Wildman–Crippen MR) is 109 cm³/mol. The molecule has 0 amide bonds. The molecule has 0 saturated carbocycles. The fourth-order valence-corrected chi connectivity index (χ4v) is 2.77. The highest BCUT2D eigenvalue weighted by Gasteiger charge is 2.20. The number of rotatable bonds is 6. The fourth-order valence-electron chi connectivity index (χ4n) is 2.77. The third-order valence-corrected chi connectivity index (χ3v) is 4.44. The van der Waals surface area contributed by atoms with Crippen molar-refractivity contribution in [3.8, 4) is 5.75 Å². The SMILES string of the molecule is C=C(/C=C(\C)c1ccco1)NC1=NC(COc2ccc(F)cc2)N(C)C(C)=C1. The summed E-state index contributed by atoms with van der Waals surface area (Å²) in [6, 6.07) is 9.71. The Balaban J connectivity index is 1.66. The first-order valence-corrected chi connectivity index (χ1v) is 8.98. The van der Waals surface area contributed by atoms with Crippen molar-refractivity contribution < 1.29 is 13.5 Å². The summed E-state index contributed by atoms with van der Waals surface area (Å²) in [5.41, 5.74) is 2.72. The van der Waals surface area contributed by atoms with Gasteiger partial charge in [-0.2, -0.15) is 0 Å². The number of allylic oxidation sites excluding steroid dienone is 3. The molecule has 0 bridgehead atoms. The zero-order valence-corrected chi connectivity index (χ0v) is 16.3. The molecule has 3 rings (SSSR count). The van der Waals surface area contributed by atoms with E-state index in [-0.39, 0.29) is 12.0 Å². The van der Waals surface area contributed by atoms with Crippen LogP contribution in [0.25, 0.3) is 5.57 Å². The van der Waals surface area contributed by atoms with E-state index in [1.54, 1.807) is 18.4 Å². The largest absolute Gasteiger partial charge is 0.489 e. The molecule has 2 aromatic rings. The van der Waals surface area contributed by atoms with Gasteiger partial charge < -0.3 is 19.4 Å². The van der Waals surface area contributed by atoms with Gasteiger partial charge in [0.05, 0.1) is 6.26 Å². The first kappa shape index (κ1) is 19.5. The van der Waals surface area contributed by atoms with E-state index in [1.807, 2.05) is 50.1 Å². The Hall–Kier alpha value is -3.28. The third-order valence-electron chi connectivity index (χ3n) is 4.44. The summed E-state index contributed by atoms with van der Waals surface area (Å²) in [7, 11) is 1.96. The average Bonchev–Trinajstić information content (AvgIpc) is 3.19. The van der Waals surface area contributed by atoms with Crippen LogP contribution in [0.15, 0.2) is 82.2 Å². The number of nitrogens with one attached hydrogen (secondary N) is 1. The topological polar surface area (TPSA) is 50.0 Å². The minimum Gasteiger partial charge on any atom is -0.489 e. The normalized spacial score (nSPS) is 17.1. The summed E-state index contributed by atoms with van der Waals surface area (Å²) in [4.78, 5) is 6.73. The molecular weight excluding hydrogens is 357 g/mol. The van der Waals surface area contributed by atoms with E-state index in [0.29, 0.717) is 23.9 Å². The lowest BCUT2D eigenvalue weighted by molar-refractivity contribution is 0.194. The second kappa shape index (κ2) is 8.61.